The number of unbranched alkanes of at least 4 members (excludes halogenated alkanes) is 1. The van der Waals surface area contributed by atoms with Crippen LogP contribution in [0.25, 0.3) is 0 Å². The molecule has 0 radical (unpaired) electrons. The maximum atomic E-state index is 14.2. The fourth-order valence-electron chi connectivity index (χ4n) is 27.4. The molecule has 5 N–H and O–H groups in total. The van der Waals surface area contributed by atoms with E-state index in [-0.39, 0.29) is 51.1 Å². The van der Waals surface area contributed by atoms with Crippen molar-refractivity contribution in [1.82, 2.24) is 0 Å². The van der Waals surface area contributed by atoms with Crippen LogP contribution in [0.4, 0.5) is 0 Å². The Hall–Kier alpha value is -7.19. The van der Waals surface area contributed by atoms with Gasteiger partial charge < -0.3 is 105 Å². The van der Waals surface area contributed by atoms with Crippen molar-refractivity contribution in [3.05, 3.63) is 165 Å². The van der Waals surface area contributed by atoms with Gasteiger partial charge in [0.05, 0.1) is 78.7 Å². The minimum absolute atomic E-state index is 0.0154. The maximum Gasteiger partial charge on any atom is 0.338 e. The molecule has 6 heterocycles. The number of ether oxygens (including phenoxy) is 15. The van der Waals surface area contributed by atoms with Crippen LogP contribution in [0.15, 0.2) is 149 Å². The van der Waals surface area contributed by atoms with E-state index in [4.69, 9.17) is 75.5 Å². The number of benzene rings is 3. The minimum Gasteiger partial charge on any atom is -0.455 e. The zero-order valence-corrected chi connectivity index (χ0v) is 87.8. The van der Waals surface area contributed by atoms with Crippen molar-refractivity contribution in [2.45, 2.75) is 398 Å². The molecule has 6 bridgehead atoms. The molecule has 28 nitrogen and oxygen atoms in total. The van der Waals surface area contributed by atoms with E-state index in [1.165, 1.54) is 33.6 Å². The highest BCUT2D eigenvalue weighted by Crippen LogP contribution is 2.72. The number of esters is 6. The van der Waals surface area contributed by atoms with E-state index in [0.717, 1.165) is 46.0 Å². The average Bonchev–Trinajstić information content (AvgIpc) is 1.19. The maximum absolute atomic E-state index is 14.2. The highest BCUT2D eigenvalue weighted by molar-refractivity contribution is 6.73. The van der Waals surface area contributed by atoms with Crippen LogP contribution in [0, 0.1) is 50.2 Å². The number of aliphatic hydroxyl groups is 5. The standard InChI is InChI=1S/C38H54O9Si.C34H46O10Si.C32H40O9.C4H10/c1-11-48(12-2,13-3)47-26-21-38(41)32(43-33(40)25-17-15-14-16-18-25)30-36(10,20-19-27-37(30,22-42-27)44-24(5)39)31-29(45-35(8,9)46-31)28(23(26)4)34(38,6)7;1-9-45(39)21-16-34(38)28(41-29(37)20-13-11-10-12-14-20)26-32(8,22(36)15-23-33(26,17-40-23)42-19(3)35)27-25(43-31(6,7)44-27)24(18(21)2)30(34,4)5;1-17-20(34)15-32(36)26(38-27(35)19-11-9-8-10-12-19)24-30(7,14-13-21-31(24,16-37-21)39-18(2)33)25-23(22(17)28(32,3)4)40-29(5,6)41-25;1-3-4-2/h14-20,26-27,29-32,41H,11-13,21-22H2,1-10H3;10-14,21-23,25-28,36,38H,9,15-17H2,1-8H3;8-14,20-21,23-26,34,36H,15-16H2,1-7H3;3-4H2,1-2H3/t26-,27+,29+,30-,31+,32-,36+,37-,38+;21-,22-,23+,25+,26-,27+,28-,32+,33-,34+;20-,21+,23+,24-,25+,26-,30+,31-,32+;/m000./s1. The van der Waals surface area contributed by atoms with Crippen LogP contribution in [0.2, 0.25) is 29.7 Å². The molecule has 3 aromatic carbocycles. The number of carbonyl (C=O) groups is 6. The summed E-state index contributed by atoms with van der Waals surface area (Å²) in [4.78, 5) is 80.4. The Bertz CT molecular complexity index is 5320. The lowest BCUT2D eigenvalue weighted by atomic mass is 9.44. The van der Waals surface area contributed by atoms with Gasteiger partial charge in [0.2, 0.25) is 0 Å². The normalized spacial score (nSPS) is 40.7. The van der Waals surface area contributed by atoms with E-state index in [1.54, 1.807) is 98.8 Å². The van der Waals surface area contributed by atoms with Gasteiger partial charge in [0.15, 0.2) is 42.5 Å². The Labute approximate surface area is 815 Å². The second-order valence-corrected chi connectivity index (χ2v) is 52.3. The van der Waals surface area contributed by atoms with Crippen molar-refractivity contribution in [3.63, 3.8) is 0 Å². The van der Waals surface area contributed by atoms with Crippen LogP contribution in [0.1, 0.15) is 257 Å². The van der Waals surface area contributed by atoms with E-state index in [0.29, 0.717) is 22.7 Å². The fourth-order valence-corrected chi connectivity index (χ4v) is 32.0. The quantitative estimate of drug-likeness (QED) is 0.0363. The number of rotatable bonds is 17. The summed E-state index contributed by atoms with van der Waals surface area (Å²) in [6.07, 6.45) is -1.47. The van der Waals surface area contributed by atoms with Crippen LogP contribution in [-0.4, -0.2) is 241 Å². The summed E-state index contributed by atoms with van der Waals surface area (Å²) in [7, 11) is -4.45. The number of hydrogen-bond donors (Lipinski definition) is 5. The predicted molar refractivity (Wildman–Crippen MR) is 512 cm³/mol. The smallest absolute Gasteiger partial charge is 0.338 e. The van der Waals surface area contributed by atoms with Crippen LogP contribution in [-0.2, 0) is 94.3 Å². The van der Waals surface area contributed by atoms with E-state index in [1.807, 2.05) is 141 Å². The van der Waals surface area contributed by atoms with E-state index < -0.39 is 251 Å². The third-order valence-corrected chi connectivity index (χ3v) is 41.9. The molecule has 30 heteroatoms. The molecule has 3 aromatic rings. The summed E-state index contributed by atoms with van der Waals surface area (Å²) in [6, 6.07) is 29.1. The number of allylic oxidation sites excluding steroid dienone is 1. The lowest BCUT2D eigenvalue weighted by molar-refractivity contribution is -0.362. The van der Waals surface area contributed by atoms with Gasteiger partial charge in [0.25, 0.3) is 8.68 Å². The number of hydrogen-bond acceptors (Lipinski definition) is 28. The Kier molecular flexibility index (Phi) is 28.1. The first-order valence-electron chi connectivity index (χ1n) is 49.9. The van der Waals surface area contributed by atoms with Crippen molar-refractivity contribution in [2.24, 2.45) is 50.2 Å². The van der Waals surface area contributed by atoms with Gasteiger partial charge in [-0.25, -0.2) is 14.4 Å². The SMILES string of the molecule is CC(=O)O[C@@]12CO[C@@H]1C=C[C@@]1(C)[C@@H]3OC(C)(C)O[C@@H]3C3=C(C)[C@@H](O)C[C@@](O)([C@@H](OC(=O)c4ccccc4)[C@@H]12)C3(C)C.CCCC.CC[Si](=O)[C@H]1C[C@@]2(O)[C@@H](OC(=O)c3ccccc3)[C@@H]3[C@]4(OC(C)=O)CO[C@@H]4C[C@H](O)[C@@]3(C)[C@@H]3OC(C)(C)O[C@@H]3C(=C1C)C2(C)C.CC[Si](CC)(CC)O[C@H]1C[C@@]2(O)[C@@H](OC(=O)c3ccccc3)[C@H]3[C@@](C)(C=C[C@H]4OC[C@]43OC(C)=O)[C@@H]3OC(C)(C)O[C@@H]3C(=C1C)C2(C)C. The van der Waals surface area contributed by atoms with Crippen LogP contribution < -0.4 is 0 Å². The highest BCUT2D eigenvalue weighted by Gasteiger charge is 2.83. The second-order valence-electron chi connectivity index (χ2n) is 45.2. The topological polar surface area (TPSA) is 368 Å². The molecule has 9 aliphatic carbocycles. The summed E-state index contributed by atoms with van der Waals surface area (Å²) >= 11 is 0. The molecule has 758 valence electrons. The second kappa shape index (κ2) is 36.8. The molecule has 138 heavy (non-hydrogen) atoms. The molecule has 4 saturated carbocycles. The first-order chi connectivity index (χ1) is 64.4. The summed E-state index contributed by atoms with van der Waals surface area (Å²) in [5.41, 5.74) is -10.0. The van der Waals surface area contributed by atoms with Gasteiger partial charge in [-0.1, -0.05) is 201 Å². The van der Waals surface area contributed by atoms with Crippen molar-refractivity contribution < 1.29 is 134 Å². The Morgan fingerprint density at radius 1 is 0.435 bits per heavy atom. The summed E-state index contributed by atoms with van der Waals surface area (Å²) < 4.78 is 118. The van der Waals surface area contributed by atoms with Crippen LogP contribution in [0.5, 0.6) is 0 Å². The monoisotopic (exact) mass is 1950 g/mol. The minimum atomic E-state index is -2.26. The summed E-state index contributed by atoms with van der Waals surface area (Å²) in [6.45, 7) is 51.4. The van der Waals surface area contributed by atoms with Gasteiger partial charge >= 0.3 is 35.8 Å². The number of fused-ring (bicyclic) bond motifs is 24. The van der Waals surface area contributed by atoms with Crippen molar-refractivity contribution >= 4 is 52.8 Å². The lowest BCUT2D eigenvalue weighted by Crippen LogP contribution is -2.82. The molecular formula is C108H150O28Si2. The Morgan fingerprint density at radius 2 is 0.783 bits per heavy atom. The molecule has 18 rings (SSSR count). The Morgan fingerprint density at radius 3 is 1.14 bits per heavy atom. The largest absolute Gasteiger partial charge is 0.455 e. The third kappa shape index (κ3) is 16.5. The molecule has 28 atom stereocenters. The molecule has 6 saturated heterocycles. The molecule has 0 spiro atoms. The Balaban J connectivity index is 0.000000154. The van der Waals surface area contributed by atoms with Gasteiger partial charge in [-0.05, 0) is 157 Å². The average molecular weight is 1950 g/mol. The first kappa shape index (κ1) is 105. The molecule has 6 aliphatic heterocycles. The zero-order valence-electron chi connectivity index (χ0n) is 85.8. The predicted octanol–water partition coefficient (Wildman–Crippen LogP) is 15.9. The van der Waals surface area contributed by atoms with E-state index in [2.05, 4.69) is 41.5 Å². The lowest BCUT2D eigenvalue weighted by Gasteiger charge is -2.69. The van der Waals surface area contributed by atoms with Crippen molar-refractivity contribution in [1.29, 1.82) is 0 Å². The molecule has 15 aliphatic rings. The molecular weight excluding hydrogens is 1800 g/mol. The molecule has 10 fully saturated rings. The molecule has 0 unspecified atom stereocenters. The highest BCUT2D eigenvalue weighted by atomic mass is 28.4. The summed E-state index contributed by atoms with van der Waals surface area (Å²) in [5.74, 6) is -9.07. The van der Waals surface area contributed by atoms with Gasteiger partial charge in [-0.3, -0.25) is 14.4 Å². The van der Waals surface area contributed by atoms with Gasteiger partial charge in [-0.2, -0.15) is 0 Å². The molecule has 0 aromatic heterocycles. The molecule has 0 amide bonds. The fraction of sp³-hybridized carbons (Fsp3) is 0.685. The van der Waals surface area contributed by atoms with Crippen LogP contribution in [0.3, 0.4) is 0 Å². The van der Waals surface area contributed by atoms with Crippen molar-refractivity contribution in [2.75, 3.05) is 19.8 Å². The van der Waals surface area contributed by atoms with Gasteiger partial charge in [0, 0.05) is 78.1 Å². The number of carbonyl (C=O) groups excluding carboxylic acids is 6. The van der Waals surface area contributed by atoms with Gasteiger partial charge in [0.1, 0.15) is 83.9 Å². The van der Waals surface area contributed by atoms with E-state index >= 15 is 0 Å². The van der Waals surface area contributed by atoms with E-state index in [9.17, 15) is 58.8 Å². The van der Waals surface area contributed by atoms with Crippen LogP contribution >= 0.6 is 0 Å². The van der Waals surface area contributed by atoms with Crippen molar-refractivity contribution in [3.8, 4) is 0 Å². The third-order valence-electron chi connectivity index (χ3n) is 35.2. The first-order valence-corrected chi connectivity index (χ1v) is 54.1. The number of aliphatic hydroxyl groups excluding tert-OH is 2. The zero-order chi connectivity index (χ0) is 101. The van der Waals surface area contributed by atoms with Gasteiger partial charge in [-0.15, -0.1) is 0 Å². The summed E-state index contributed by atoms with van der Waals surface area (Å²) in [5, 5.41) is 63.6.